The van der Waals surface area contributed by atoms with Gasteiger partial charge in [0.15, 0.2) is 5.78 Å². The molecule has 0 aliphatic rings. The third-order valence-corrected chi connectivity index (χ3v) is 5.13. The minimum Gasteiger partial charge on any atom is -0.352 e. The van der Waals surface area contributed by atoms with Crippen LogP contribution in [0.25, 0.3) is 10.8 Å². The molecular weight excluding hydrogens is 376 g/mol. The quantitative estimate of drug-likeness (QED) is 0.651. The van der Waals surface area contributed by atoms with Gasteiger partial charge in [0.05, 0.1) is 6.04 Å². The second kappa shape index (κ2) is 10.4. The van der Waals surface area contributed by atoms with Crippen molar-refractivity contribution in [2.45, 2.75) is 71.9 Å². The molecule has 30 heavy (non-hydrogen) atoms. The van der Waals surface area contributed by atoms with Crippen LogP contribution in [0, 0.1) is 5.92 Å². The molecule has 0 fully saturated rings. The summed E-state index contributed by atoms with van der Waals surface area (Å²) in [7, 11) is 0. The van der Waals surface area contributed by atoms with Gasteiger partial charge in [-0.2, -0.15) is 0 Å². The van der Waals surface area contributed by atoms with Gasteiger partial charge < -0.3 is 10.6 Å². The number of fused-ring (bicyclic) bond motifs is 1. The Morgan fingerprint density at radius 3 is 2.30 bits per heavy atom. The van der Waals surface area contributed by atoms with E-state index in [1.54, 1.807) is 13.8 Å². The topological polar surface area (TPSA) is 75.3 Å². The van der Waals surface area contributed by atoms with E-state index in [-0.39, 0.29) is 35.5 Å². The fraction of sp³-hybridized carbons (Fsp3) is 0.480. The maximum Gasteiger partial charge on any atom is 0.223 e. The summed E-state index contributed by atoms with van der Waals surface area (Å²) in [5, 5.41) is 8.02. The smallest absolute Gasteiger partial charge is 0.223 e. The lowest BCUT2D eigenvalue weighted by atomic mass is 9.98. The van der Waals surface area contributed by atoms with Crippen LogP contribution in [-0.4, -0.2) is 29.2 Å². The van der Waals surface area contributed by atoms with Crippen LogP contribution < -0.4 is 10.6 Å². The third kappa shape index (κ3) is 7.29. The molecule has 0 aliphatic carbocycles. The second-order valence-corrected chi connectivity index (χ2v) is 9.07. The van der Waals surface area contributed by atoms with E-state index in [0.717, 1.165) is 16.3 Å². The maximum atomic E-state index is 12.6. The van der Waals surface area contributed by atoms with Crippen molar-refractivity contribution in [2.24, 2.45) is 5.92 Å². The predicted molar refractivity (Wildman–Crippen MR) is 121 cm³/mol. The summed E-state index contributed by atoms with van der Waals surface area (Å²) < 4.78 is 0. The number of carbonyl (C=O) groups excluding carboxylic acids is 3. The molecule has 0 aromatic heterocycles. The van der Waals surface area contributed by atoms with Gasteiger partial charge in [0, 0.05) is 24.3 Å². The third-order valence-electron chi connectivity index (χ3n) is 5.13. The Hall–Kier alpha value is -2.69. The molecule has 2 N–H and O–H groups in total. The average molecular weight is 411 g/mol. The Bertz CT molecular complexity index is 893. The van der Waals surface area contributed by atoms with Crippen LogP contribution in [-0.2, 0) is 20.8 Å². The zero-order chi connectivity index (χ0) is 22.3. The SMILES string of the molecule is C[C@H](NC(=O)[C@@H](C)CCC(=O)NC(C)(C)C)C(=O)CCc1cccc2ccccc12. The van der Waals surface area contributed by atoms with E-state index in [4.69, 9.17) is 0 Å². The highest BCUT2D eigenvalue weighted by Gasteiger charge is 2.21. The standard InChI is InChI=1S/C25H34N2O3/c1-17(13-16-23(29)27-25(3,4)5)24(30)26-18(2)22(28)15-14-20-11-8-10-19-9-6-7-12-21(19)20/h6-12,17-18H,13-16H2,1-5H3,(H,26,30)(H,27,29)/t17-,18-/m0/s1. The lowest BCUT2D eigenvalue weighted by Crippen LogP contribution is -2.42. The molecule has 2 aromatic rings. The highest BCUT2D eigenvalue weighted by molar-refractivity contribution is 5.90. The molecule has 2 rings (SSSR count). The summed E-state index contributed by atoms with van der Waals surface area (Å²) in [4.78, 5) is 36.9. The van der Waals surface area contributed by atoms with Crippen molar-refractivity contribution in [1.29, 1.82) is 0 Å². The zero-order valence-electron chi connectivity index (χ0n) is 18.7. The Labute approximate surface area is 179 Å². The van der Waals surface area contributed by atoms with Crippen LogP contribution in [0.4, 0.5) is 0 Å². The summed E-state index contributed by atoms with van der Waals surface area (Å²) in [6, 6.07) is 13.7. The van der Waals surface area contributed by atoms with Crippen LogP contribution in [0.5, 0.6) is 0 Å². The zero-order valence-corrected chi connectivity index (χ0v) is 18.7. The number of carbonyl (C=O) groups is 3. The first-order valence-corrected chi connectivity index (χ1v) is 10.7. The minimum atomic E-state index is -0.543. The normalized spacial score (nSPS) is 13.5. The number of ketones is 1. The van der Waals surface area contributed by atoms with E-state index >= 15 is 0 Å². The second-order valence-electron chi connectivity index (χ2n) is 9.07. The predicted octanol–water partition coefficient (Wildman–Crippen LogP) is 4.18. The molecule has 5 nitrogen and oxygen atoms in total. The lowest BCUT2D eigenvalue weighted by Gasteiger charge is -2.21. The summed E-state index contributed by atoms with van der Waals surface area (Å²) in [6.45, 7) is 9.28. The first kappa shape index (κ1) is 23.6. The van der Waals surface area contributed by atoms with Gasteiger partial charge in [-0.3, -0.25) is 14.4 Å². The number of amides is 2. The Balaban J connectivity index is 1.81. The number of hydrogen-bond donors (Lipinski definition) is 2. The van der Waals surface area contributed by atoms with Gasteiger partial charge in [-0.05, 0) is 56.9 Å². The summed E-state index contributed by atoms with van der Waals surface area (Å²) >= 11 is 0. The van der Waals surface area contributed by atoms with Crippen molar-refractivity contribution < 1.29 is 14.4 Å². The maximum absolute atomic E-state index is 12.6. The van der Waals surface area contributed by atoms with Crippen LogP contribution in [0.2, 0.25) is 0 Å². The van der Waals surface area contributed by atoms with Gasteiger partial charge in [-0.15, -0.1) is 0 Å². The molecule has 0 heterocycles. The highest BCUT2D eigenvalue weighted by atomic mass is 16.2. The van der Waals surface area contributed by atoms with Crippen molar-refractivity contribution in [1.82, 2.24) is 10.6 Å². The molecule has 162 valence electrons. The Kier molecular flexibility index (Phi) is 8.16. The molecule has 0 bridgehead atoms. The van der Waals surface area contributed by atoms with Crippen LogP contribution >= 0.6 is 0 Å². The average Bonchev–Trinajstić information content (AvgIpc) is 2.68. The lowest BCUT2D eigenvalue weighted by molar-refractivity contribution is -0.130. The summed E-state index contributed by atoms with van der Waals surface area (Å²) in [5.74, 6) is -0.580. The summed E-state index contributed by atoms with van der Waals surface area (Å²) in [6.07, 6.45) is 1.75. The van der Waals surface area contributed by atoms with E-state index in [9.17, 15) is 14.4 Å². The van der Waals surface area contributed by atoms with E-state index in [2.05, 4.69) is 28.8 Å². The monoisotopic (exact) mass is 410 g/mol. The van der Waals surface area contributed by atoms with E-state index < -0.39 is 6.04 Å². The molecule has 5 heteroatoms. The van der Waals surface area contributed by atoms with Crippen molar-refractivity contribution in [3.63, 3.8) is 0 Å². The van der Waals surface area contributed by atoms with E-state index in [1.165, 1.54) is 0 Å². The molecule has 2 aromatic carbocycles. The highest BCUT2D eigenvalue weighted by Crippen LogP contribution is 2.20. The van der Waals surface area contributed by atoms with Gasteiger partial charge in [-0.25, -0.2) is 0 Å². The molecular formula is C25H34N2O3. The van der Waals surface area contributed by atoms with Gasteiger partial charge in [0.2, 0.25) is 11.8 Å². The Morgan fingerprint density at radius 1 is 0.933 bits per heavy atom. The van der Waals surface area contributed by atoms with Crippen LogP contribution in [0.1, 0.15) is 59.4 Å². The first-order chi connectivity index (χ1) is 14.1. The van der Waals surface area contributed by atoms with Crippen LogP contribution in [0.15, 0.2) is 42.5 Å². The Morgan fingerprint density at radius 2 is 1.60 bits per heavy atom. The number of benzene rings is 2. The molecule has 2 amide bonds. The van der Waals surface area contributed by atoms with Crippen molar-refractivity contribution in [3.05, 3.63) is 48.0 Å². The van der Waals surface area contributed by atoms with Gasteiger partial charge in [0.25, 0.3) is 0 Å². The molecule has 0 spiro atoms. The number of nitrogens with one attached hydrogen (secondary N) is 2. The van der Waals surface area contributed by atoms with Crippen molar-refractivity contribution in [3.8, 4) is 0 Å². The first-order valence-electron chi connectivity index (χ1n) is 10.7. The largest absolute Gasteiger partial charge is 0.352 e. The minimum absolute atomic E-state index is 0.00830. The van der Waals surface area contributed by atoms with Gasteiger partial charge in [-0.1, -0.05) is 49.4 Å². The van der Waals surface area contributed by atoms with Gasteiger partial charge in [0.1, 0.15) is 0 Å². The number of rotatable bonds is 9. The number of aryl methyl sites for hydroxylation is 1. The molecule has 0 saturated heterocycles. The number of Topliss-reactive ketones (excluding diaryl/α,β-unsaturated/α-hetero) is 1. The van der Waals surface area contributed by atoms with E-state index in [1.807, 2.05) is 45.0 Å². The fourth-order valence-electron chi connectivity index (χ4n) is 3.38. The van der Waals surface area contributed by atoms with Crippen molar-refractivity contribution in [2.75, 3.05) is 0 Å². The van der Waals surface area contributed by atoms with E-state index in [0.29, 0.717) is 19.3 Å². The molecule has 0 saturated carbocycles. The molecule has 2 atom stereocenters. The van der Waals surface area contributed by atoms with Crippen LogP contribution in [0.3, 0.4) is 0 Å². The number of hydrogen-bond acceptors (Lipinski definition) is 3. The van der Waals surface area contributed by atoms with Crippen molar-refractivity contribution >= 4 is 28.4 Å². The molecule has 0 unspecified atom stereocenters. The summed E-state index contributed by atoms with van der Waals surface area (Å²) in [5.41, 5.74) is 0.853. The van der Waals surface area contributed by atoms with Gasteiger partial charge >= 0.3 is 0 Å². The molecule has 0 radical (unpaired) electrons. The fourth-order valence-corrected chi connectivity index (χ4v) is 3.38. The molecule has 0 aliphatic heterocycles.